The molecule has 0 unspecified atom stereocenters. The summed E-state index contributed by atoms with van der Waals surface area (Å²) in [5, 5.41) is 0. The summed E-state index contributed by atoms with van der Waals surface area (Å²) in [6.45, 7) is 3.89. The summed E-state index contributed by atoms with van der Waals surface area (Å²) in [6, 6.07) is 9.52. The summed E-state index contributed by atoms with van der Waals surface area (Å²) in [4.78, 5) is 14.8. The number of carbonyl (C=O) groups is 1. The Hall–Kier alpha value is -1.64. The van der Waals surface area contributed by atoms with Gasteiger partial charge >= 0.3 is 6.09 Å². The van der Waals surface area contributed by atoms with Gasteiger partial charge in [0.25, 0.3) is 0 Å². The van der Waals surface area contributed by atoms with Crippen LogP contribution in [0, 0.1) is 0 Å². The Balaban J connectivity index is 2.75. The average molecular weight is 191 g/mol. The van der Waals surface area contributed by atoms with Crippen LogP contribution < -0.4 is 0 Å². The molecule has 1 aromatic carbocycles. The molecule has 0 radical (unpaired) electrons. The summed E-state index contributed by atoms with van der Waals surface area (Å²) in [7, 11) is 0. The van der Waals surface area contributed by atoms with E-state index < -0.39 is 6.09 Å². The van der Waals surface area contributed by atoms with Gasteiger partial charge in [-0.1, -0.05) is 30.3 Å². The van der Waals surface area contributed by atoms with Gasteiger partial charge in [-0.25, -0.2) is 4.79 Å². The first-order valence-electron chi connectivity index (χ1n) is 4.51. The molecular formula is C11H13NO2. The van der Waals surface area contributed by atoms with Crippen LogP contribution in [0.25, 0.3) is 0 Å². The number of ether oxygens (including phenoxy) is 1. The molecule has 74 valence electrons. The SMILES string of the molecule is CCOC(=O)/N=C(\C)c1ccccc1. The van der Waals surface area contributed by atoms with Gasteiger partial charge < -0.3 is 4.74 Å². The molecular weight excluding hydrogens is 178 g/mol. The summed E-state index contributed by atoms with van der Waals surface area (Å²) in [5.41, 5.74) is 1.60. The van der Waals surface area contributed by atoms with E-state index in [9.17, 15) is 4.79 Å². The second-order valence-electron chi connectivity index (χ2n) is 2.76. The van der Waals surface area contributed by atoms with Crippen LogP contribution in [0.3, 0.4) is 0 Å². The largest absolute Gasteiger partial charge is 0.448 e. The minimum absolute atomic E-state index is 0.352. The number of benzene rings is 1. The molecule has 0 aliphatic rings. The molecule has 0 bridgehead atoms. The van der Waals surface area contributed by atoms with E-state index >= 15 is 0 Å². The van der Waals surface area contributed by atoms with Crippen LogP contribution in [-0.4, -0.2) is 18.4 Å². The molecule has 0 fully saturated rings. The molecule has 1 rings (SSSR count). The zero-order chi connectivity index (χ0) is 10.4. The summed E-state index contributed by atoms with van der Waals surface area (Å²) in [5.74, 6) is 0. The summed E-state index contributed by atoms with van der Waals surface area (Å²) in [6.07, 6.45) is -0.533. The van der Waals surface area contributed by atoms with Gasteiger partial charge in [-0.2, -0.15) is 4.99 Å². The molecule has 0 saturated heterocycles. The van der Waals surface area contributed by atoms with Crippen LogP contribution in [0.4, 0.5) is 4.79 Å². The highest BCUT2D eigenvalue weighted by atomic mass is 16.5. The Morgan fingerprint density at radius 1 is 1.36 bits per heavy atom. The molecule has 0 heterocycles. The first-order chi connectivity index (χ1) is 6.74. The highest BCUT2D eigenvalue weighted by Crippen LogP contribution is 2.01. The van der Waals surface area contributed by atoms with Crippen molar-refractivity contribution < 1.29 is 9.53 Å². The summed E-state index contributed by atoms with van der Waals surface area (Å²) < 4.78 is 4.71. The molecule has 0 atom stereocenters. The normalized spacial score (nSPS) is 11.1. The van der Waals surface area contributed by atoms with Gasteiger partial charge in [0.1, 0.15) is 0 Å². The molecule has 14 heavy (non-hydrogen) atoms. The molecule has 0 saturated carbocycles. The van der Waals surface area contributed by atoms with E-state index in [2.05, 4.69) is 4.99 Å². The lowest BCUT2D eigenvalue weighted by atomic mass is 10.1. The third-order valence-corrected chi connectivity index (χ3v) is 1.72. The van der Waals surface area contributed by atoms with Gasteiger partial charge in [-0.15, -0.1) is 0 Å². The molecule has 0 aromatic heterocycles. The lowest BCUT2D eigenvalue weighted by Gasteiger charge is -1.99. The topological polar surface area (TPSA) is 38.7 Å². The number of amides is 1. The fourth-order valence-corrected chi connectivity index (χ4v) is 1.04. The molecule has 1 amide bonds. The van der Waals surface area contributed by atoms with Crippen LogP contribution in [0.5, 0.6) is 0 Å². The van der Waals surface area contributed by atoms with Gasteiger partial charge in [0.05, 0.1) is 12.3 Å². The van der Waals surface area contributed by atoms with Crippen LogP contribution in [0.15, 0.2) is 35.3 Å². The Labute approximate surface area is 83.4 Å². The molecule has 3 nitrogen and oxygen atoms in total. The molecule has 0 spiro atoms. The Morgan fingerprint density at radius 2 is 2.00 bits per heavy atom. The number of hydrogen-bond acceptors (Lipinski definition) is 2. The average Bonchev–Trinajstić information content (AvgIpc) is 2.19. The standard InChI is InChI=1S/C11H13NO2/c1-3-14-11(13)12-9(2)10-7-5-4-6-8-10/h4-8H,3H2,1-2H3/b12-9+. The van der Waals surface area contributed by atoms with Crippen molar-refractivity contribution in [2.75, 3.05) is 6.61 Å². The quantitative estimate of drug-likeness (QED) is 0.674. The smallest absolute Gasteiger partial charge is 0.433 e. The number of nitrogens with zero attached hydrogens (tertiary/aromatic N) is 1. The van der Waals surface area contributed by atoms with Crippen molar-refractivity contribution in [3.63, 3.8) is 0 Å². The lowest BCUT2D eigenvalue weighted by molar-refractivity contribution is 0.163. The van der Waals surface area contributed by atoms with Gasteiger partial charge in [0.2, 0.25) is 0 Å². The van der Waals surface area contributed by atoms with Gasteiger partial charge in [0.15, 0.2) is 0 Å². The maximum atomic E-state index is 11.0. The van der Waals surface area contributed by atoms with Crippen LogP contribution >= 0.6 is 0 Å². The van der Waals surface area contributed by atoms with Gasteiger partial charge in [-0.3, -0.25) is 0 Å². The zero-order valence-electron chi connectivity index (χ0n) is 8.36. The van der Waals surface area contributed by atoms with Crippen molar-refractivity contribution in [3.05, 3.63) is 35.9 Å². The Morgan fingerprint density at radius 3 is 2.57 bits per heavy atom. The number of carbonyl (C=O) groups excluding carboxylic acids is 1. The van der Waals surface area contributed by atoms with E-state index in [4.69, 9.17) is 4.74 Å². The maximum Gasteiger partial charge on any atom is 0.433 e. The third-order valence-electron chi connectivity index (χ3n) is 1.72. The van der Waals surface area contributed by atoms with Crippen LogP contribution in [0.2, 0.25) is 0 Å². The highest BCUT2D eigenvalue weighted by Gasteiger charge is 2.00. The second kappa shape index (κ2) is 5.17. The monoisotopic (exact) mass is 191 g/mol. The Kier molecular flexibility index (Phi) is 3.85. The zero-order valence-corrected chi connectivity index (χ0v) is 8.36. The van der Waals surface area contributed by atoms with E-state index in [1.807, 2.05) is 30.3 Å². The van der Waals surface area contributed by atoms with Gasteiger partial charge in [0, 0.05) is 0 Å². The van der Waals surface area contributed by atoms with E-state index in [0.29, 0.717) is 12.3 Å². The molecule has 0 N–H and O–H groups in total. The van der Waals surface area contributed by atoms with Crippen molar-refractivity contribution in [3.8, 4) is 0 Å². The van der Waals surface area contributed by atoms with E-state index in [1.165, 1.54) is 0 Å². The lowest BCUT2D eigenvalue weighted by Crippen LogP contribution is -2.03. The van der Waals surface area contributed by atoms with E-state index in [0.717, 1.165) is 5.56 Å². The van der Waals surface area contributed by atoms with Crippen LogP contribution in [0.1, 0.15) is 19.4 Å². The van der Waals surface area contributed by atoms with Crippen molar-refractivity contribution in [2.45, 2.75) is 13.8 Å². The van der Waals surface area contributed by atoms with E-state index in [-0.39, 0.29) is 0 Å². The number of aliphatic imine (C=N–C) groups is 1. The summed E-state index contributed by atoms with van der Waals surface area (Å²) >= 11 is 0. The Bertz CT molecular complexity index is 330. The van der Waals surface area contributed by atoms with Crippen molar-refractivity contribution in [1.29, 1.82) is 0 Å². The predicted molar refractivity (Wildman–Crippen MR) is 55.7 cm³/mol. The maximum absolute atomic E-state index is 11.0. The van der Waals surface area contributed by atoms with Crippen molar-refractivity contribution in [1.82, 2.24) is 0 Å². The van der Waals surface area contributed by atoms with Gasteiger partial charge in [-0.05, 0) is 19.4 Å². The molecule has 3 heteroatoms. The first kappa shape index (κ1) is 10.4. The van der Waals surface area contributed by atoms with Crippen LogP contribution in [-0.2, 0) is 4.74 Å². The fourth-order valence-electron chi connectivity index (χ4n) is 1.04. The molecule has 0 aliphatic carbocycles. The van der Waals surface area contributed by atoms with E-state index in [1.54, 1.807) is 13.8 Å². The molecule has 1 aromatic rings. The number of hydrogen-bond donors (Lipinski definition) is 0. The van der Waals surface area contributed by atoms with Crippen molar-refractivity contribution in [2.24, 2.45) is 4.99 Å². The minimum atomic E-state index is -0.533. The molecule has 0 aliphatic heterocycles. The number of rotatable bonds is 2. The predicted octanol–water partition coefficient (Wildman–Crippen LogP) is 2.65. The van der Waals surface area contributed by atoms with Crippen molar-refractivity contribution >= 4 is 11.8 Å². The second-order valence-corrected chi connectivity index (χ2v) is 2.76. The highest BCUT2D eigenvalue weighted by molar-refractivity contribution is 6.03. The minimum Gasteiger partial charge on any atom is -0.448 e. The fraction of sp³-hybridized carbons (Fsp3) is 0.273. The first-order valence-corrected chi connectivity index (χ1v) is 4.51. The third kappa shape index (κ3) is 3.01.